The number of halogens is 6. The van der Waals surface area contributed by atoms with Crippen LogP contribution in [0.2, 0.25) is 0 Å². The molecule has 0 bridgehead atoms. The second-order valence-electron chi connectivity index (χ2n) is 15.3. The summed E-state index contributed by atoms with van der Waals surface area (Å²) in [5, 5.41) is 10.9. The van der Waals surface area contributed by atoms with E-state index in [1.807, 2.05) is 16.8 Å². The van der Waals surface area contributed by atoms with Gasteiger partial charge in [0.1, 0.15) is 24.7 Å². The molecular weight excluding hydrogens is 915 g/mol. The van der Waals surface area contributed by atoms with Gasteiger partial charge in [-0.05, 0) is 98.2 Å². The Hall–Kier alpha value is -5.89. The van der Waals surface area contributed by atoms with Crippen LogP contribution in [0.1, 0.15) is 66.6 Å². The van der Waals surface area contributed by atoms with Gasteiger partial charge in [-0.25, -0.2) is 24.4 Å². The lowest BCUT2D eigenvalue weighted by Crippen LogP contribution is -2.39. The fraction of sp³-hybridized carbons (Fsp3) is 0.413. The van der Waals surface area contributed by atoms with E-state index in [-0.39, 0.29) is 31.1 Å². The third kappa shape index (κ3) is 18.2. The summed E-state index contributed by atoms with van der Waals surface area (Å²) in [4.78, 5) is 44.9. The highest BCUT2D eigenvalue weighted by Crippen LogP contribution is 2.32. The third-order valence-corrected chi connectivity index (χ3v) is 11.8. The quantitative estimate of drug-likeness (QED) is 0.107. The molecule has 3 aromatic carbocycles. The lowest BCUT2D eigenvalue weighted by molar-refractivity contribution is -0.192. The molecule has 0 aliphatic carbocycles. The van der Waals surface area contributed by atoms with Gasteiger partial charge in [0.15, 0.2) is 0 Å². The van der Waals surface area contributed by atoms with Gasteiger partial charge >= 0.3 is 30.5 Å². The van der Waals surface area contributed by atoms with Crippen LogP contribution >= 0.6 is 22.7 Å². The van der Waals surface area contributed by atoms with Gasteiger partial charge in [-0.2, -0.15) is 26.3 Å². The average molecular weight is 965 g/mol. The van der Waals surface area contributed by atoms with E-state index in [9.17, 15) is 35.9 Å². The molecule has 2 aromatic heterocycles. The molecule has 0 radical (unpaired) electrons. The first kappa shape index (κ1) is 51.1. The number of benzene rings is 3. The summed E-state index contributed by atoms with van der Waals surface area (Å²) >= 11 is 2.96. The number of nitrogens with zero attached hydrogens (tertiary/aromatic N) is 4. The maximum Gasteiger partial charge on any atom is 0.490 e. The number of piperidine rings is 2. The number of hydrogen-bond acceptors (Lipinski definition) is 11. The summed E-state index contributed by atoms with van der Waals surface area (Å²) in [6, 6.07) is 23.8. The molecule has 5 aromatic rings. The summed E-state index contributed by atoms with van der Waals surface area (Å²) < 4.78 is 91.9. The summed E-state index contributed by atoms with van der Waals surface area (Å²) in [6.07, 6.45) is -3.74. The van der Waals surface area contributed by atoms with Crippen LogP contribution in [0.15, 0.2) is 101 Å². The van der Waals surface area contributed by atoms with Crippen molar-refractivity contribution in [3.63, 3.8) is 0 Å². The van der Waals surface area contributed by atoms with Gasteiger partial charge in [0.25, 0.3) is 0 Å². The predicted octanol–water partition coefficient (Wildman–Crippen LogP) is 11.2. The largest absolute Gasteiger partial charge is 0.494 e. The van der Waals surface area contributed by atoms with E-state index in [1.165, 1.54) is 45.9 Å². The van der Waals surface area contributed by atoms with E-state index < -0.39 is 23.9 Å². The Balaban J connectivity index is 0.000000217. The lowest BCUT2D eigenvalue weighted by Gasteiger charge is -2.31. The fourth-order valence-electron chi connectivity index (χ4n) is 6.86. The van der Waals surface area contributed by atoms with Crippen molar-refractivity contribution < 1.29 is 64.8 Å². The number of hydrogen-bond donors (Lipinski definition) is 1. The van der Waals surface area contributed by atoms with E-state index in [1.54, 1.807) is 20.8 Å². The molecule has 2 amide bonds. The Kier molecular flexibility index (Phi) is 19.9. The van der Waals surface area contributed by atoms with Gasteiger partial charge in [-0.1, -0.05) is 48.5 Å². The van der Waals surface area contributed by atoms with Gasteiger partial charge in [-0.15, -0.1) is 22.7 Å². The number of carboxylic acids is 1. The standard InChI is InChI=1S/C25H28N2O3S.C19H21F3N2O3S.C2HF3O2/c28-25(30-17-23-18-31-19-26-23)27-13-10-20(11-14-27)12-15-29-24-8-6-22(7-9-24)16-21-4-2-1-3-5-21;20-19(21,22)15-2-1-3-17(10-15)26-9-6-14-4-7-24(8-5-14)18(25)27-11-16-12-28-13-23-16;3-2(4,5)1(6)7/h1-9,18-20H,10-17H2;1-3,10,12-14H,4-9,11H2;(H,6,7). The molecule has 2 aliphatic rings. The Morgan fingerprint density at radius 1 is 0.636 bits per heavy atom. The third-order valence-electron chi connectivity index (χ3n) is 10.6. The maximum absolute atomic E-state index is 12.7. The van der Waals surface area contributed by atoms with E-state index in [2.05, 4.69) is 58.5 Å². The van der Waals surface area contributed by atoms with E-state index in [0.29, 0.717) is 38.1 Å². The van der Waals surface area contributed by atoms with Crippen LogP contribution in [0, 0.1) is 11.8 Å². The zero-order valence-corrected chi connectivity index (χ0v) is 37.4. The number of carbonyl (C=O) groups excluding carboxylic acids is 2. The molecule has 356 valence electrons. The van der Waals surface area contributed by atoms with Crippen LogP contribution in [0.3, 0.4) is 0 Å². The van der Waals surface area contributed by atoms with Crippen LogP contribution in [-0.4, -0.2) is 88.6 Å². The minimum atomic E-state index is -5.08. The van der Waals surface area contributed by atoms with Crippen molar-refractivity contribution in [3.05, 3.63) is 129 Å². The van der Waals surface area contributed by atoms with Gasteiger partial charge in [-0.3, -0.25) is 0 Å². The average Bonchev–Trinajstić information content (AvgIpc) is 4.04. The monoisotopic (exact) mass is 964 g/mol. The Labute approximate surface area is 386 Å². The number of likely N-dealkylation sites (tertiary alicyclic amines) is 2. The van der Waals surface area contributed by atoms with Crippen LogP contribution in [0.25, 0.3) is 0 Å². The number of thiazole rings is 2. The van der Waals surface area contributed by atoms with Crippen molar-refractivity contribution in [1.82, 2.24) is 19.8 Å². The molecule has 0 unspecified atom stereocenters. The molecule has 20 heteroatoms. The number of carboxylic acid groups (broad SMARTS) is 1. The molecule has 2 aliphatic heterocycles. The SMILES string of the molecule is O=C(O)C(F)(F)F.O=C(OCc1cscn1)N1CCC(CCOc2ccc(Cc3ccccc3)cc2)CC1.O=C(OCc1cscn1)N1CCC(CCOc2cccc(C(F)(F)F)c2)CC1. The highest BCUT2D eigenvalue weighted by atomic mass is 32.1. The molecule has 7 rings (SSSR count). The number of aliphatic carboxylic acids is 1. The van der Waals surface area contributed by atoms with Gasteiger partial charge in [0, 0.05) is 36.9 Å². The summed E-state index contributed by atoms with van der Waals surface area (Å²) in [5.41, 5.74) is 6.86. The zero-order valence-electron chi connectivity index (χ0n) is 35.8. The number of carbonyl (C=O) groups is 3. The summed E-state index contributed by atoms with van der Waals surface area (Å²) in [7, 11) is 0. The van der Waals surface area contributed by atoms with E-state index in [4.69, 9.17) is 28.8 Å². The van der Waals surface area contributed by atoms with E-state index in [0.717, 1.165) is 87.3 Å². The van der Waals surface area contributed by atoms with Crippen molar-refractivity contribution in [3.8, 4) is 11.5 Å². The Morgan fingerprint density at radius 2 is 1.11 bits per heavy atom. The van der Waals surface area contributed by atoms with Crippen LogP contribution in [0.5, 0.6) is 11.5 Å². The first-order chi connectivity index (χ1) is 31.6. The van der Waals surface area contributed by atoms with Crippen molar-refractivity contribution in [2.75, 3.05) is 39.4 Å². The van der Waals surface area contributed by atoms with Gasteiger partial charge in [0.2, 0.25) is 0 Å². The molecular formula is C46H50F6N4O8S2. The van der Waals surface area contributed by atoms with Crippen molar-refractivity contribution in [2.24, 2.45) is 11.8 Å². The van der Waals surface area contributed by atoms with Crippen molar-refractivity contribution in [2.45, 2.75) is 70.5 Å². The molecule has 2 saturated heterocycles. The normalized spacial score (nSPS) is 14.5. The van der Waals surface area contributed by atoms with Crippen molar-refractivity contribution in [1.29, 1.82) is 0 Å². The fourth-order valence-corrected chi connectivity index (χ4v) is 7.95. The molecule has 1 N–H and O–H groups in total. The maximum atomic E-state index is 12.7. The van der Waals surface area contributed by atoms with Crippen LogP contribution in [0.4, 0.5) is 35.9 Å². The summed E-state index contributed by atoms with van der Waals surface area (Å²) in [5.74, 6) is -0.668. The van der Waals surface area contributed by atoms with Crippen LogP contribution < -0.4 is 9.47 Å². The summed E-state index contributed by atoms with van der Waals surface area (Å²) in [6.45, 7) is 4.17. The number of aromatic nitrogens is 2. The smallest absolute Gasteiger partial charge is 0.490 e. The lowest BCUT2D eigenvalue weighted by atomic mass is 9.94. The second kappa shape index (κ2) is 25.7. The van der Waals surface area contributed by atoms with Gasteiger partial charge < -0.3 is 33.9 Å². The number of rotatable bonds is 14. The second-order valence-corrected chi connectivity index (χ2v) is 16.8. The van der Waals surface area contributed by atoms with Gasteiger partial charge in [0.05, 0.1) is 41.2 Å². The predicted molar refractivity (Wildman–Crippen MR) is 234 cm³/mol. The Morgan fingerprint density at radius 3 is 1.55 bits per heavy atom. The molecule has 0 saturated carbocycles. The molecule has 0 atom stereocenters. The van der Waals surface area contributed by atoms with E-state index >= 15 is 0 Å². The zero-order chi connectivity index (χ0) is 47.4. The highest BCUT2D eigenvalue weighted by molar-refractivity contribution is 7.07. The first-order valence-corrected chi connectivity index (χ1v) is 22.9. The number of amides is 2. The minimum absolute atomic E-state index is 0.174. The van der Waals surface area contributed by atoms with Crippen LogP contribution in [-0.2, 0) is 40.1 Å². The topological polar surface area (TPSA) is 141 Å². The number of alkyl halides is 6. The minimum Gasteiger partial charge on any atom is -0.494 e. The molecule has 4 heterocycles. The van der Waals surface area contributed by atoms with Crippen molar-refractivity contribution >= 4 is 40.8 Å². The molecule has 66 heavy (non-hydrogen) atoms. The number of ether oxygens (including phenoxy) is 4. The molecule has 2 fully saturated rings. The highest BCUT2D eigenvalue weighted by Gasteiger charge is 2.38. The Bertz CT molecular complexity index is 2180. The molecule has 12 nitrogen and oxygen atoms in total. The first-order valence-electron chi connectivity index (χ1n) is 21.1. The molecule has 0 spiro atoms.